The first-order valence-corrected chi connectivity index (χ1v) is 7.20. The van der Waals surface area contributed by atoms with Gasteiger partial charge in [-0.25, -0.2) is 0 Å². The minimum Gasteiger partial charge on any atom is -0.364 e. The van der Waals surface area contributed by atoms with E-state index in [1.54, 1.807) is 29.1 Å². The first kappa shape index (κ1) is 16.2. The molecule has 0 saturated heterocycles. The quantitative estimate of drug-likeness (QED) is 0.853. The lowest BCUT2D eigenvalue weighted by molar-refractivity contribution is -0.712. The number of rotatable bonds is 5. The molecule has 0 aliphatic carbocycles. The summed E-state index contributed by atoms with van der Waals surface area (Å²) in [5.74, 6) is -2.21. The first-order chi connectivity index (χ1) is 11.1. The molecule has 5 nitrogen and oxygen atoms in total. The standard InChI is InChI=1S/C18H16N4O/c1-13-7-3-4-8-15(13)16(14(11-19)12-20)17(18(21)23)22-9-5-2-6-10-22/h2-10,14,16-17H,1H3,(H-,21,23)/p+1/t16?,17-/m1/s1. The lowest BCUT2D eigenvalue weighted by atomic mass is 9.79. The number of nitrogens with two attached hydrogens (primary N) is 1. The van der Waals surface area contributed by atoms with Crippen molar-refractivity contribution >= 4 is 5.91 Å². The number of carbonyl (C=O) groups excluding carboxylic acids is 1. The second-order valence-electron chi connectivity index (χ2n) is 5.29. The summed E-state index contributed by atoms with van der Waals surface area (Å²) < 4.78 is 1.65. The van der Waals surface area contributed by atoms with Crippen LogP contribution in [0.25, 0.3) is 0 Å². The molecule has 0 aliphatic heterocycles. The SMILES string of the molecule is Cc1ccccc1C(C(C#N)C#N)[C@H](C(N)=O)[n+]1ccccc1. The number of aryl methyl sites for hydroxylation is 1. The van der Waals surface area contributed by atoms with Gasteiger partial charge < -0.3 is 5.73 Å². The van der Waals surface area contributed by atoms with Crippen molar-refractivity contribution in [3.8, 4) is 12.1 Å². The highest BCUT2D eigenvalue weighted by atomic mass is 16.1. The molecule has 2 atom stereocenters. The van der Waals surface area contributed by atoms with Gasteiger partial charge in [-0.1, -0.05) is 30.3 Å². The van der Waals surface area contributed by atoms with Crippen molar-refractivity contribution in [3.63, 3.8) is 0 Å². The van der Waals surface area contributed by atoms with E-state index in [0.717, 1.165) is 11.1 Å². The van der Waals surface area contributed by atoms with Gasteiger partial charge in [-0.2, -0.15) is 15.1 Å². The molecule has 114 valence electrons. The van der Waals surface area contributed by atoms with Crippen molar-refractivity contribution in [3.05, 3.63) is 66.0 Å². The number of aromatic nitrogens is 1. The molecule has 5 heteroatoms. The third kappa shape index (κ3) is 3.36. The Morgan fingerprint density at radius 3 is 2.22 bits per heavy atom. The van der Waals surface area contributed by atoms with Crippen LogP contribution in [0.5, 0.6) is 0 Å². The number of hydrogen-bond donors (Lipinski definition) is 1. The maximum Gasteiger partial charge on any atom is 0.287 e. The molecular weight excluding hydrogens is 288 g/mol. The minimum absolute atomic E-state index is 0.579. The molecule has 0 saturated carbocycles. The number of nitrogens with zero attached hydrogens (tertiary/aromatic N) is 3. The topological polar surface area (TPSA) is 94.5 Å². The average molecular weight is 305 g/mol. The van der Waals surface area contributed by atoms with Crippen molar-refractivity contribution in [2.24, 2.45) is 11.7 Å². The Morgan fingerprint density at radius 1 is 1.09 bits per heavy atom. The van der Waals surface area contributed by atoms with Crippen LogP contribution in [0.2, 0.25) is 0 Å². The molecule has 0 spiro atoms. The first-order valence-electron chi connectivity index (χ1n) is 7.20. The van der Waals surface area contributed by atoms with Crippen LogP contribution in [0.3, 0.4) is 0 Å². The highest BCUT2D eigenvalue weighted by Gasteiger charge is 2.42. The van der Waals surface area contributed by atoms with Gasteiger partial charge >= 0.3 is 0 Å². The Balaban J connectivity index is 2.65. The normalized spacial score (nSPS) is 12.9. The van der Waals surface area contributed by atoms with Gasteiger partial charge in [-0.15, -0.1) is 0 Å². The molecule has 1 aromatic carbocycles. The maximum atomic E-state index is 12.1. The summed E-state index contributed by atoms with van der Waals surface area (Å²) in [6.07, 6.45) is 3.43. The minimum atomic E-state index is -0.985. The number of nitriles is 2. The van der Waals surface area contributed by atoms with Gasteiger partial charge in [0.15, 0.2) is 12.4 Å². The van der Waals surface area contributed by atoms with E-state index in [2.05, 4.69) is 0 Å². The molecule has 1 unspecified atom stereocenters. The second kappa shape index (κ2) is 7.20. The molecule has 0 bridgehead atoms. The molecular formula is C18H17N4O+. The zero-order valence-electron chi connectivity index (χ0n) is 12.8. The second-order valence-corrected chi connectivity index (χ2v) is 5.29. The zero-order valence-corrected chi connectivity index (χ0v) is 12.8. The number of primary amides is 1. The lowest BCUT2D eigenvalue weighted by Gasteiger charge is -2.23. The average Bonchev–Trinajstić information content (AvgIpc) is 2.56. The summed E-state index contributed by atoms with van der Waals surface area (Å²) >= 11 is 0. The van der Waals surface area contributed by atoms with E-state index in [-0.39, 0.29) is 0 Å². The summed E-state index contributed by atoms with van der Waals surface area (Å²) in [5.41, 5.74) is 7.32. The van der Waals surface area contributed by atoms with Crippen LogP contribution in [0.4, 0.5) is 0 Å². The Bertz CT molecular complexity index is 760. The Morgan fingerprint density at radius 2 is 1.70 bits per heavy atom. The smallest absolute Gasteiger partial charge is 0.287 e. The van der Waals surface area contributed by atoms with Gasteiger partial charge in [-0.3, -0.25) is 4.79 Å². The number of hydrogen-bond acceptors (Lipinski definition) is 3. The van der Waals surface area contributed by atoms with Crippen molar-refractivity contribution < 1.29 is 9.36 Å². The van der Waals surface area contributed by atoms with Crippen molar-refractivity contribution in [1.82, 2.24) is 0 Å². The molecule has 2 rings (SSSR count). The van der Waals surface area contributed by atoms with Gasteiger partial charge in [0.2, 0.25) is 6.04 Å². The highest BCUT2D eigenvalue weighted by molar-refractivity contribution is 5.78. The van der Waals surface area contributed by atoms with E-state index in [9.17, 15) is 15.3 Å². The van der Waals surface area contributed by atoms with Crippen LogP contribution in [-0.4, -0.2) is 5.91 Å². The number of pyridine rings is 1. The maximum absolute atomic E-state index is 12.1. The van der Waals surface area contributed by atoms with Crippen molar-refractivity contribution in [2.45, 2.75) is 18.9 Å². The van der Waals surface area contributed by atoms with Gasteiger partial charge in [0.25, 0.3) is 5.91 Å². The largest absolute Gasteiger partial charge is 0.364 e. The van der Waals surface area contributed by atoms with Crippen molar-refractivity contribution in [2.75, 3.05) is 0 Å². The molecule has 2 aromatic rings. The summed E-state index contributed by atoms with van der Waals surface area (Å²) in [4.78, 5) is 12.1. The number of benzene rings is 1. The summed E-state index contributed by atoms with van der Waals surface area (Å²) in [5, 5.41) is 18.8. The summed E-state index contributed by atoms with van der Waals surface area (Å²) in [7, 11) is 0. The molecule has 0 aliphatic rings. The third-order valence-corrected chi connectivity index (χ3v) is 3.88. The predicted molar refractivity (Wildman–Crippen MR) is 83.5 cm³/mol. The molecule has 1 amide bonds. The molecule has 0 radical (unpaired) electrons. The van der Waals surface area contributed by atoms with Crippen LogP contribution >= 0.6 is 0 Å². The molecule has 1 heterocycles. The van der Waals surface area contributed by atoms with Gasteiger partial charge in [-0.05, 0) is 18.1 Å². The molecule has 1 aromatic heterocycles. The third-order valence-electron chi connectivity index (χ3n) is 3.88. The van der Waals surface area contributed by atoms with E-state index >= 15 is 0 Å². The van der Waals surface area contributed by atoms with E-state index in [4.69, 9.17) is 5.73 Å². The van der Waals surface area contributed by atoms with E-state index in [1.165, 1.54) is 0 Å². The van der Waals surface area contributed by atoms with Gasteiger partial charge in [0.05, 0.1) is 18.1 Å². The van der Waals surface area contributed by atoms with E-state index in [1.807, 2.05) is 49.4 Å². The van der Waals surface area contributed by atoms with E-state index in [0.29, 0.717) is 0 Å². The van der Waals surface area contributed by atoms with Crippen LogP contribution in [0.1, 0.15) is 23.1 Å². The van der Waals surface area contributed by atoms with Crippen LogP contribution in [0, 0.1) is 35.5 Å². The van der Waals surface area contributed by atoms with Gasteiger partial charge in [0.1, 0.15) is 5.92 Å². The zero-order chi connectivity index (χ0) is 16.8. The Kier molecular flexibility index (Phi) is 5.07. The fraction of sp³-hybridized carbons (Fsp3) is 0.222. The monoisotopic (exact) mass is 305 g/mol. The highest BCUT2D eigenvalue weighted by Crippen LogP contribution is 2.34. The van der Waals surface area contributed by atoms with Crippen LogP contribution in [0.15, 0.2) is 54.9 Å². The number of amides is 1. The summed E-state index contributed by atoms with van der Waals surface area (Å²) in [6, 6.07) is 16.0. The van der Waals surface area contributed by atoms with Crippen LogP contribution < -0.4 is 10.3 Å². The fourth-order valence-corrected chi connectivity index (χ4v) is 2.79. The molecule has 0 fully saturated rings. The summed E-state index contributed by atoms with van der Waals surface area (Å²) in [6.45, 7) is 1.89. The fourth-order valence-electron chi connectivity index (χ4n) is 2.79. The van der Waals surface area contributed by atoms with Crippen LogP contribution in [-0.2, 0) is 4.79 Å². The Hall–Kier alpha value is -3.18. The molecule has 23 heavy (non-hydrogen) atoms. The van der Waals surface area contributed by atoms with Crippen molar-refractivity contribution in [1.29, 1.82) is 10.5 Å². The number of carbonyl (C=O) groups is 1. The molecule has 2 N–H and O–H groups in total. The predicted octanol–water partition coefficient (Wildman–Crippen LogP) is 1.76. The Labute approximate surface area is 135 Å². The van der Waals surface area contributed by atoms with Gasteiger partial charge in [0, 0.05) is 12.1 Å². The lowest BCUT2D eigenvalue weighted by Crippen LogP contribution is -2.50. The van der Waals surface area contributed by atoms with E-state index < -0.39 is 23.8 Å².